The number of hydrogen-bond acceptors (Lipinski definition) is 3. The molecule has 1 unspecified atom stereocenters. The Labute approximate surface area is 111 Å². The fourth-order valence-corrected chi connectivity index (χ4v) is 2.56. The van der Waals surface area contributed by atoms with Gasteiger partial charge in [-0.05, 0) is 44.1 Å². The maximum atomic E-state index is 9.92. The molecular weight excluding hydrogens is 280 g/mol. The van der Waals surface area contributed by atoms with Gasteiger partial charge in [-0.25, -0.2) is 0 Å². The molecule has 3 nitrogen and oxygen atoms in total. The second-order valence-electron chi connectivity index (χ2n) is 4.55. The molecule has 2 rings (SSSR count). The Hall–Kier alpha value is -0.580. The van der Waals surface area contributed by atoms with Gasteiger partial charge in [0.2, 0.25) is 0 Å². The largest absolute Gasteiger partial charge is 0.390 e. The van der Waals surface area contributed by atoms with Crippen molar-refractivity contribution in [2.45, 2.75) is 18.9 Å². The molecule has 0 aromatic heterocycles. The van der Waals surface area contributed by atoms with E-state index < -0.39 is 0 Å². The van der Waals surface area contributed by atoms with E-state index in [0.29, 0.717) is 6.54 Å². The first kappa shape index (κ1) is 12.9. The zero-order valence-corrected chi connectivity index (χ0v) is 11.5. The van der Waals surface area contributed by atoms with Gasteiger partial charge in [-0.1, -0.05) is 22.0 Å². The summed E-state index contributed by atoms with van der Waals surface area (Å²) in [5.41, 5.74) is 1.04. The smallest absolute Gasteiger partial charge is 0.0839 e. The van der Waals surface area contributed by atoms with Crippen LogP contribution in [0.25, 0.3) is 0 Å². The monoisotopic (exact) mass is 298 g/mol. The lowest BCUT2D eigenvalue weighted by atomic mass is 10.3. The summed E-state index contributed by atoms with van der Waals surface area (Å²) in [4.78, 5) is 2.33. The number of benzene rings is 1. The minimum Gasteiger partial charge on any atom is -0.390 e. The summed E-state index contributed by atoms with van der Waals surface area (Å²) in [5.74, 6) is 0. The van der Waals surface area contributed by atoms with E-state index in [2.05, 4.69) is 26.1 Å². The summed E-state index contributed by atoms with van der Waals surface area (Å²) >= 11 is 3.43. The lowest BCUT2D eigenvalue weighted by molar-refractivity contribution is 0.135. The van der Waals surface area contributed by atoms with Gasteiger partial charge in [0.1, 0.15) is 0 Å². The van der Waals surface area contributed by atoms with Crippen molar-refractivity contribution in [3.05, 3.63) is 28.7 Å². The topological polar surface area (TPSA) is 35.5 Å². The van der Waals surface area contributed by atoms with E-state index in [1.807, 2.05) is 24.3 Å². The molecule has 1 aromatic rings. The normalized spacial score (nSPS) is 18.2. The minimum atomic E-state index is -0.299. The van der Waals surface area contributed by atoms with Crippen LogP contribution in [0.5, 0.6) is 0 Å². The number of nitrogens with zero attached hydrogens (tertiary/aromatic N) is 1. The number of nitrogens with one attached hydrogen (secondary N) is 1. The molecule has 1 aromatic carbocycles. The van der Waals surface area contributed by atoms with E-state index in [-0.39, 0.29) is 6.10 Å². The Bertz CT molecular complexity index is 353. The molecule has 1 aliphatic rings. The van der Waals surface area contributed by atoms with Gasteiger partial charge in [0, 0.05) is 23.2 Å². The van der Waals surface area contributed by atoms with Crippen LogP contribution in [0.2, 0.25) is 0 Å². The van der Waals surface area contributed by atoms with Crippen molar-refractivity contribution in [1.29, 1.82) is 0 Å². The van der Waals surface area contributed by atoms with Gasteiger partial charge in [0.15, 0.2) is 0 Å². The average Bonchev–Trinajstić information content (AvgIpc) is 2.79. The van der Waals surface area contributed by atoms with Crippen LogP contribution < -0.4 is 5.32 Å². The van der Waals surface area contributed by atoms with Crippen LogP contribution in [0.1, 0.15) is 12.8 Å². The number of halogens is 1. The third-order valence-corrected chi connectivity index (χ3v) is 3.53. The summed E-state index contributed by atoms with van der Waals surface area (Å²) in [6, 6.07) is 8.00. The first-order valence-electron chi connectivity index (χ1n) is 6.14. The summed E-state index contributed by atoms with van der Waals surface area (Å²) in [7, 11) is 0. The van der Waals surface area contributed by atoms with Crippen molar-refractivity contribution in [3.63, 3.8) is 0 Å². The van der Waals surface area contributed by atoms with Gasteiger partial charge in [0.05, 0.1) is 6.10 Å². The number of β-amino-alcohol motifs (C(OH)–C–C–N with tert-alkyl or cyclic N) is 1. The molecule has 1 saturated heterocycles. The maximum Gasteiger partial charge on any atom is 0.0839 e. The van der Waals surface area contributed by atoms with Gasteiger partial charge in [-0.2, -0.15) is 0 Å². The van der Waals surface area contributed by atoms with E-state index in [1.165, 1.54) is 12.8 Å². The molecule has 1 atom stereocenters. The summed E-state index contributed by atoms with van der Waals surface area (Å²) < 4.78 is 1.05. The van der Waals surface area contributed by atoms with E-state index in [4.69, 9.17) is 0 Å². The second-order valence-corrected chi connectivity index (χ2v) is 5.47. The van der Waals surface area contributed by atoms with Crippen LogP contribution in [0.3, 0.4) is 0 Å². The van der Waals surface area contributed by atoms with Crippen LogP contribution in [0.15, 0.2) is 28.7 Å². The molecular formula is C13H19BrN2O. The lowest BCUT2D eigenvalue weighted by Gasteiger charge is -2.20. The third-order valence-electron chi connectivity index (χ3n) is 3.03. The number of anilines is 1. The predicted molar refractivity (Wildman–Crippen MR) is 74.3 cm³/mol. The zero-order chi connectivity index (χ0) is 12.1. The molecule has 0 amide bonds. The van der Waals surface area contributed by atoms with Crippen LogP contribution >= 0.6 is 15.9 Å². The highest BCUT2D eigenvalue weighted by molar-refractivity contribution is 9.10. The highest BCUT2D eigenvalue weighted by Gasteiger charge is 2.15. The average molecular weight is 299 g/mol. The van der Waals surface area contributed by atoms with E-state index in [1.54, 1.807) is 0 Å². The highest BCUT2D eigenvalue weighted by atomic mass is 79.9. The molecule has 94 valence electrons. The molecule has 17 heavy (non-hydrogen) atoms. The van der Waals surface area contributed by atoms with Crippen molar-refractivity contribution in [3.8, 4) is 0 Å². The van der Waals surface area contributed by atoms with Crippen molar-refractivity contribution < 1.29 is 5.11 Å². The second kappa shape index (κ2) is 6.38. The maximum absolute atomic E-state index is 9.92. The molecule has 0 bridgehead atoms. The standard InChI is InChI=1S/C13H19BrN2O/c14-11-4-3-5-12(8-11)15-9-13(17)10-16-6-1-2-7-16/h3-5,8,13,15,17H,1-2,6-7,9-10H2. The molecule has 0 aliphatic carbocycles. The van der Waals surface area contributed by atoms with Gasteiger partial charge in [0.25, 0.3) is 0 Å². The summed E-state index contributed by atoms with van der Waals surface area (Å²) in [5, 5.41) is 13.2. The Balaban J connectivity index is 1.73. The Kier molecular flexibility index (Phi) is 4.83. The molecule has 1 fully saturated rings. The quantitative estimate of drug-likeness (QED) is 0.876. The predicted octanol–water partition coefficient (Wildman–Crippen LogP) is 2.32. The molecule has 0 radical (unpaired) electrons. The Morgan fingerprint density at radius 1 is 1.35 bits per heavy atom. The van der Waals surface area contributed by atoms with Gasteiger partial charge < -0.3 is 15.3 Å². The van der Waals surface area contributed by atoms with Crippen LogP contribution in [0.4, 0.5) is 5.69 Å². The Morgan fingerprint density at radius 3 is 2.82 bits per heavy atom. The van der Waals surface area contributed by atoms with E-state index in [9.17, 15) is 5.11 Å². The van der Waals surface area contributed by atoms with Gasteiger partial charge in [-0.3, -0.25) is 0 Å². The van der Waals surface area contributed by atoms with Crippen molar-refractivity contribution in [1.82, 2.24) is 4.90 Å². The highest BCUT2D eigenvalue weighted by Crippen LogP contribution is 2.15. The number of likely N-dealkylation sites (tertiary alicyclic amines) is 1. The first-order chi connectivity index (χ1) is 8.24. The number of hydrogen-bond donors (Lipinski definition) is 2. The fraction of sp³-hybridized carbons (Fsp3) is 0.538. The molecule has 0 spiro atoms. The first-order valence-corrected chi connectivity index (χ1v) is 6.93. The summed E-state index contributed by atoms with van der Waals surface area (Å²) in [6.45, 7) is 3.65. The number of aliphatic hydroxyl groups excluding tert-OH is 1. The van der Waals surface area contributed by atoms with E-state index >= 15 is 0 Å². The summed E-state index contributed by atoms with van der Waals surface area (Å²) in [6.07, 6.45) is 2.24. The number of aliphatic hydroxyl groups is 1. The molecule has 0 saturated carbocycles. The molecule has 1 heterocycles. The van der Waals surface area contributed by atoms with Crippen LogP contribution in [0, 0.1) is 0 Å². The lowest BCUT2D eigenvalue weighted by Crippen LogP contribution is -2.34. The Morgan fingerprint density at radius 2 is 2.12 bits per heavy atom. The van der Waals surface area contributed by atoms with Crippen molar-refractivity contribution in [2.24, 2.45) is 0 Å². The SMILES string of the molecule is OC(CNc1cccc(Br)c1)CN1CCCC1. The number of rotatable bonds is 5. The van der Waals surface area contributed by atoms with Crippen LogP contribution in [-0.4, -0.2) is 42.3 Å². The molecule has 4 heteroatoms. The zero-order valence-electron chi connectivity index (χ0n) is 9.90. The van der Waals surface area contributed by atoms with Gasteiger partial charge in [-0.15, -0.1) is 0 Å². The van der Waals surface area contributed by atoms with Crippen molar-refractivity contribution in [2.75, 3.05) is 31.5 Å². The van der Waals surface area contributed by atoms with E-state index in [0.717, 1.165) is 29.8 Å². The van der Waals surface area contributed by atoms with Crippen LogP contribution in [-0.2, 0) is 0 Å². The minimum absolute atomic E-state index is 0.299. The van der Waals surface area contributed by atoms with Crippen molar-refractivity contribution >= 4 is 21.6 Å². The fourth-order valence-electron chi connectivity index (χ4n) is 2.16. The van der Waals surface area contributed by atoms with Gasteiger partial charge >= 0.3 is 0 Å². The third kappa shape index (κ3) is 4.30. The molecule has 1 aliphatic heterocycles. The molecule has 2 N–H and O–H groups in total.